The van der Waals surface area contributed by atoms with Crippen molar-refractivity contribution in [2.45, 2.75) is 39.2 Å². The van der Waals surface area contributed by atoms with Crippen LogP contribution in [0.3, 0.4) is 0 Å². The highest BCUT2D eigenvalue weighted by atomic mass is 35.5. The molecule has 2 aromatic rings. The third kappa shape index (κ3) is 5.01. The minimum absolute atomic E-state index is 0.0140. The Bertz CT molecular complexity index is 865. The van der Waals surface area contributed by atoms with Gasteiger partial charge in [-0.15, -0.1) is 0 Å². The number of aryl methyl sites for hydroxylation is 2. The third-order valence-corrected chi connectivity index (χ3v) is 4.60. The first kappa shape index (κ1) is 19.2. The predicted molar refractivity (Wildman–Crippen MR) is 107 cm³/mol. The number of amides is 2. The van der Waals surface area contributed by atoms with Gasteiger partial charge in [0.05, 0.1) is 11.3 Å². The maximum absolute atomic E-state index is 12.3. The summed E-state index contributed by atoms with van der Waals surface area (Å²) in [6, 6.07) is 10.7. The molecule has 1 aliphatic rings. The number of carbonyl (C=O) groups excluding carboxylic acids is 2. The Morgan fingerprint density at radius 3 is 2.67 bits per heavy atom. The van der Waals surface area contributed by atoms with Crippen LogP contribution in [0, 0.1) is 0 Å². The van der Waals surface area contributed by atoms with E-state index < -0.39 is 0 Å². The molecule has 0 saturated heterocycles. The summed E-state index contributed by atoms with van der Waals surface area (Å²) in [5, 5.41) is 5.96. The van der Waals surface area contributed by atoms with Crippen LogP contribution in [0.15, 0.2) is 36.4 Å². The molecule has 0 unspecified atom stereocenters. The molecule has 2 amide bonds. The lowest BCUT2D eigenvalue weighted by Crippen LogP contribution is -2.31. The van der Waals surface area contributed by atoms with Crippen LogP contribution in [-0.4, -0.2) is 24.5 Å². The maximum atomic E-state index is 12.3. The van der Waals surface area contributed by atoms with Gasteiger partial charge in [-0.25, -0.2) is 0 Å². The van der Waals surface area contributed by atoms with Gasteiger partial charge in [-0.05, 0) is 74.6 Å². The van der Waals surface area contributed by atoms with Gasteiger partial charge in [0.2, 0.25) is 0 Å². The molecule has 27 heavy (non-hydrogen) atoms. The number of fused-ring (bicyclic) bond motifs is 1. The number of anilines is 1. The first-order valence-corrected chi connectivity index (χ1v) is 9.45. The number of rotatable bonds is 6. The second-order valence-electron chi connectivity index (χ2n) is 6.94. The molecule has 0 atom stereocenters. The molecule has 0 aliphatic heterocycles. The largest absolute Gasteiger partial charge is 0.484 e. The fraction of sp³-hybridized carbons (Fsp3) is 0.333. The summed E-state index contributed by atoms with van der Waals surface area (Å²) in [6.07, 6.45) is 3.32. The SMILES string of the molecule is CC(C)NC(=O)c1ccc(Cl)cc1NC(=O)COc1ccc2c(c1)CCC2. The number of ether oxygens (including phenoxy) is 1. The second kappa shape index (κ2) is 8.44. The second-order valence-corrected chi connectivity index (χ2v) is 7.38. The van der Waals surface area contributed by atoms with E-state index in [2.05, 4.69) is 16.7 Å². The number of halogens is 1. The molecule has 5 nitrogen and oxygen atoms in total. The number of nitrogens with one attached hydrogen (secondary N) is 2. The molecular weight excluding hydrogens is 364 g/mol. The van der Waals surface area contributed by atoms with E-state index in [0.29, 0.717) is 22.0 Å². The van der Waals surface area contributed by atoms with E-state index in [1.54, 1.807) is 18.2 Å². The van der Waals surface area contributed by atoms with E-state index in [9.17, 15) is 9.59 Å². The number of hydrogen-bond acceptors (Lipinski definition) is 3. The van der Waals surface area contributed by atoms with Crippen LogP contribution in [-0.2, 0) is 17.6 Å². The van der Waals surface area contributed by atoms with E-state index >= 15 is 0 Å². The zero-order valence-electron chi connectivity index (χ0n) is 15.5. The molecule has 0 saturated carbocycles. The van der Waals surface area contributed by atoms with Crippen molar-refractivity contribution in [1.29, 1.82) is 0 Å². The minimum Gasteiger partial charge on any atom is -0.484 e. The summed E-state index contributed by atoms with van der Waals surface area (Å²) in [4.78, 5) is 24.6. The average molecular weight is 387 g/mol. The zero-order chi connectivity index (χ0) is 19.4. The van der Waals surface area contributed by atoms with Crippen LogP contribution in [0.5, 0.6) is 5.75 Å². The van der Waals surface area contributed by atoms with Crippen molar-refractivity contribution < 1.29 is 14.3 Å². The lowest BCUT2D eigenvalue weighted by Gasteiger charge is -2.14. The van der Waals surface area contributed by atoms with Gasteiger partial charge in [0.1, 0.15) is 5.75 Å². The van der Waals surface area contributed by atoms with Crippen LogP contribution in [0.1, 0.15) is 41.8 Å². The topological polar surface area (TPSA) is 67.4 Å². The van der Waals surface area contributed by atoms with Gasteiger partial charge in [0.25, 0.3) is 11.8 Å². The minimum atomic E-state index is -0.351. The molecule has 0 radical (unpaired) electrons. The molecule has 142 valence electrons. The molecule has 1 aliphatic carbocycles. The summed E-state index contributed by atoms with van der Waals surface area (Å²) in [7, 11) is 0. The Balaban J connectivity index is 1.65. The molecule has 3 rings (SSSR count). The highest BCUT2D eigenvalue weighted by molar-refractivity contribution is 6.31. The van der Waals surface area contributed by atoms with Crippen molar-refractivity contribution in [3.63, 3.8) is 0 Å². The van der Waals surface area contributed by atoms with E-state index in [0.717, 1.165) is 19.3 Å². The molecule has 0 spiro atoms. The zero-order valence-corrected chi connectivity index (χ0v) is 16.2. The standard InChI is InChI=1S/C21H23ClN2O3/c1-13(2)23-21(26)18-9-7-16(22)11-19(18)24-20(25)12-27-17-8-6-14-4-3-5-15(14)10-17/h6-11,13H,3-5,12H2,1-2H3,(H,23,26)(H,24,25). The highest BCUT2D eigenvalue weighted by Gasteiger charge is 2.16. The molecule has 2 N–H and O–H groups in total. The summed E-state index contributed by atoms with van der Waals surface area (Å²) in [5.41, 5.74) is 3.36. The Kier molecular flexibility index (Phi) is 6.01. The average Bonchev–Trinajstić information content (AvgIpc) is 3.07. The highest BCUT2D eigenvalue weighted by Crippen LogP contribution is 2.26. The molecule has 2 aromatic carbocycles. The molecule has 0 bridgehead atoms. The van der Waals surface area contributed by atoms with Gasteiger partial charge in [0, 0.05) is 11.1 Å². The number of benzene rings is 2. The molecular formula is C21H23ClN2O3. The van der Waals surface area contributed by atoms with Crippen molar-refractivity contribution in [2.24, 2.45) is 0 Å². The predicted octanol–water partition coefficient (Wildman–Crippen LogP) is 3.98. The first-order chi connectivity index (χ1) is 12.9. The van der Waals surface area contributed by atoms with Gasteiger partial charge >= 0.3 is 0 Å². The molecule has 0 aromatic heterocycles. The smallest absolute Gasteiger partial charge is 0.262 e. The molecule has 6 heteroatoms. The third-order valence-electron chi connectivity index (χ3n) is 4.36. The van der Waals surface area contributed by atoms with E-state index in [-0.39, 0.29) is 24.5 Å². The normalized spacial score (nSPS) is 12.6. The van der Waals surface area contributed by atoms with Crippen LogP contribution in [0.25, 0.3) is 0 Å². The van der Waals surface area contributed by atoms with Crippen LogP contribution < -0.4 is 15.4 Å². The summed E-state index contributed by atoms with van der Waals surface area (Å²) in [5.74, 6) is 0.0579. The summed E-state index contributed by atoms with van der Waals surface area (Å²) in [6.45, 7) is 3.60. The van der Waals surface area contributed by atoms with Crippen LogP contribution >= 0.6 is 11.6 Å². The van der Waals surface area contributed by atoms with Gasteiger partial charge < -0.3 is 15.4 Å². The van der Waals surface area contributed by atoms with Crippen molar-refractivity contribution >= 4 is 29.1 Å². The molecule has 0 heterocycles. The summed E-state index contributed by atoms with van der Waals surface area (Å²) >= 11 is 6.02. The van der Waals surface area contributed by atoms with Crippen molar-refractivity contribution in [3.8, 4) is 5.75 Å². The van der Waals surface area contributed by atoms with Crippen molar-refractivity contribution in [1.82, 2.24) is 5.32 Å². The first-order valence-electron chi connectivity index (χ1n) is 9.07. The monoisotopic (exact) mass is 386 g/mol. The fourth-order valence-electron chi connectivity index (χ4n) is 3.13. The van der Waals surface area contributed by atoms with Gasteiger partial charge in [-0.1, -0.05) is 17.7 Å². The van der Waals surface area contributed by atoms with Gasteiger partial charge in [-0.2, -0.15) is 0 Å². The number of hydrogen-bond donors (Lipinski definition) is 2. The van der Waals surface area contributed by atoms with Crippen molar-refractivity contribution in [3.05, 3.63) is 58.1 Å². The lowest BCUT2D eigenvalue weighted by molar-refractivity contribution is -0.118. The van der Waals surface area contributed by atoms with Crippen LogP contribution in [0.2, 0.25) is 5.02 Å². The summed E-state index contributed by atoms with van der Waals surface area (Å²) < 4.78 is 5.61. The fourth-order valence-corrected chi connectivity index (χ4v) is 3.30. The van der Waals surface area contributed by atoms with Crippen LogP contribution in [0.4, 0.5) is 5.69 Å². The molecule has 0 fully saturated rings. The van der Waals surface area contributed by atoms with Gasteiger partial charge in [0.15, 0.2) is 6.61 Å². The van der Waals surface area contributed by atoms with E-state index in [1.807, 2.05) is 26.0 Å². The Morgan fingerprint density at radius 1 is 1.11 bits per heavy atom. The van der Waals surface area contributed by atoms with E-state index in [1.165, 1.54) is 11.1 Å². The number of carbonyl (C=O) groups is 2. The Hall–Kier alpha value is -2.53. The van der Waals surface area contributed by atoms with E-state index in [4.69, 9.17) is 16.3 Å². The van der Waals surface area contributed by atoms with Crippen molar-refractivity contribution in [2.75, 3.05) is 11.9 Å². The Morgan fingerprint density at radius 2 is 1.89 bits per heavy atom. The lowest BCUT2D eigenvalue weighted by atomic mass is 10.1. The van der Waals surface area contributed by atoms with Gasteiger partial charge in [-0.3, -0.25) is 9.59 Å². The maximum Gasteiger partial charge on any atom is 0.262 e. The quantitative estimate of drug-likeness (QED) is 0.788. The Labute approximate surface area is 164 Å².